The number of ether oxygens (including phenoxy) is 2. The third-order valence-electron chi connectivity index (χ3n) is 3.89. The fourth-order valence-corrected chi connectivity index (χ4v) is 4.34. The van der Waals surface area contributed by atoms with E-state index in [9.17, 15) is 13.2 Å². The standard InChI is InChI=1S/C18H17BrN2O5S/c1-25-18(22)17(7-9-19)26-13-11-16-15(20-12-13)8-10-21(16)27(23,24)14-5-3-2-4-6-14/h2-6,8,10-12,17H,7,9H2,1H3. The molecule has 2 heterocycles. The van der Waals surface area contributed by atoms with Crippen molar-refractivity contribution < 1.29 is 22.7 Å². The minimum Gasteiger partial charge on any atom is -0.477 e. The molecule has 9 heteroatoms. The molecule has 27 heavy (non-hydrogen) atoms. The molecule has 1 unspecified atom stereocenters. The lowest BCUT2D eigenvalue weighted by atomic mass is 10.3. The first-order valence-corrected chi connectivity index (χ1v) is 10.6. The van der Waals surface area contributed by atoms with Crippen molar-refractivity contribution in [1.82, 2.24) is 8.96 Å². The van der Waals surface area contributed by atoms with E-state index < -0.39 is 22.1 Å². The van der Waals surface area contributed by atoms with Gasteiger partial charge >= 0.3 is 5.97 Å². The first-order chi connectivity index (χ1) is 13.0. The first kappa shape index (κ1) is 19.4. The van der Waals surface area contributed by atoms with Crippen molar-refractivity contribution in [3.8, 4) is 5.75 Å². The number of nitrogens with zero attached hydrogens (tertiary/aromatic N) is 2. The molecule has 0 bridgehead atoms. The maximum absolute atomic E-state index is 12.9. The average molecular weight is 453 g/mol. The molecule has 2 aromatic heterocycles. The maximum atomic E-state index is 12.9. The zero-order valence-electron chi connectivity index (χ0n) is 14.4. The van der Waals surface area contributed by atoms with Crippen LogP contribution in [0.1, 0.15) is 6.42 Å². The third-order valence-corrected chi connectivity index (χ3v) is 6.05. The maximum Gasteiger partial charge on any atom is 0.347 e. The van der Waals surface area contributed by atoms with Gasteiger partial charge in [0, 0.05) is 24.0 Å². The summed E-state index contributed by atoms with van der Waals surface area (Å²) in [6.07, 6.45) is 2.47. The van der Waals surface area contributed by atoms with Crippen LogP contribution in [0.25, 0.3) is 11.0 Å². The van der Waals surface area contributed by atoms with Crippen LogP contribution in [-0.4, -0.2) is 41.9 Å². The summed E-state index contributed by atoms with van der Waals surface area (Å²) in [5.74, 6) is -0.233. The normalized spacial score (nSPS) is 12.7. The number of hydrogen-bond donors (Lipinski definition) is 0. The van der Waals surface area contributed by atoms with E-state index in [0.29, 0.717) is 22.8 Å². The van der Waals surface area contributed by atoms with Gasteiger partial charge in [0.1, 0.15) is 5.75 Å². The number of pyridine rings is 1. The predicted octanol–water partition coefficient (Wildman–Crippen LogP) is 2.98. The minimum atomic E-state index is -3.78. The molecule has 0 radical (unpaired) electrons. The summed E-state index contributed by atoms with van der Waals surface area (Å²) in [4.78, 5) is 16.2. The molecule has 1 atom stereocenters. The van der Waals surface area contributed by atoms with Gasteiger partial charge in [0.2, 0.25) is 0 Å². The Morgan fingerprint density at radius 1 is 1.26 bits per heavy atom. The number of hydrogen-bond acceptors (Lipinski definition) is 6. The summed E-state index contributed by atoms with van der Waals surface area (Å²) in [5.41, 5.74) is 0.857. The van der Waals surface area contributed by atoms with E-state index in [1.807, 2.05) is 0 Å². The summed E-state index contributed by atoms with van der Waals surface area (Å²) < 4.78 is 37.4. The molecule has 3 aromatic rings. The van der Waals surface area contributed by atoms with Crippen LogP contribution in [0, 0.1) is 0 Å². The predicted molar refractivity (Wildman–Crippen MR) is 104 cm³/mol. The number of rotatable bonds is 7. The zero-order chi connectivity index (χ0) is 19.4. The summed E-state index contributed by atoms with van der Waals surface area (Å²) >= 11 is 3.27. The Balaban J connectivity index is 2.01. The van der Waals surface area contributed by atoms with Gasteiger partial charge in [0.05, 0.1) is 29.2 Å². The van der Waals surface area contributed by atoms with Crippen molar-refractivity contribution in [2.24, 2.45) is 0 Å². The summed E-state index contributed by atoms with van der Waals surface area (Å²) in [6.45, 7) is 0. The number of fused-ring (bicyclic) bond motifs is 1. The monoisotopic (exact) mass is 452 g/mol. The molecule has 0 saturated carbocycles. The van der Waals surface area contributed by atoms with E-state index >= 15 is 0 Å². The Morgan fingerprint density at radius 2 is 2.00 bits per heavy atom. The fourth-order valence-electron chi connectivity index (χ4n) is 2.57. The molecule has 1 aromatic carbocycles. The van der Waals surface area contributed by atoms with E-state index in [1.165, 1.54) is 31.6 Å². The molecule has 142 valence electrons. The van der Waals surface area contributed by atoms with Gasteiger partial charge in [0.15, 0.2) is 6.10 Å². The highest BCUT2D eigenvalue weighted by molar-refractivity contribution is 9.09. The molecule has 0 spiro atoms. The van der Waals surface area contributed by atoms with Crippen LogP contribution in [0.2, 0.25) is 0 Å². The van der Waals surface area contributed by atoms with Gasteiger partial charge in [-0.3, -0.25) is 4.98 Å². The minimum absolute atomic E-state index is 0.167. The van der Waals surface area contributed by atoms with Crippen molar-refractivity contribution in [3.63, 3.8) is 0 Å². The Morgan fingerprint density at radius 3 is 2.67 bits per heavy atom. The Hall–Kier alpha value is -2.39. The highest BCUT2D eigenvalue weighted by Crippen LogP contribution is 2.25. The zero-order valence-corrected chi connectivity index (χ0v) is 16.8. The quantitative estimate of drug-likeness (QED) is 0.404. The van der Waals surface area contributed by atoms with Crippen LogP contribution in [-0.2, 0) is 19.6 Å². The van der Waals surface area contributed by atoms with Crippen molar-refractivity contribution in [2.45, 2.75) is 17.4 Å². The number of methoxy groups -OCH3 is 1. The van der Waals surface area contributed by atoms with Gasteiger partial charge in [-0.2, -0.15) is 0 Å². The van der Waals surface area contributed by atoms with Crippen LogP contribution in [0.5, 0.6) is 5.75 Å². The Labute approximate surface area is 165 Å². The molecular formula is C18H17BrN2O5S. The second-order valence-corrected chi connectivity index (χ2v) is 8.22. The molecule has 0 amide bonds. The molecule has 0 aliphatic heterocycles. The topological polar surface area (TPSA) is 87.5 Å². The summed E-state index contributed by atoms with van der Waals surface area (Å²) in [5, 5.41) is 0.543. The first-order valence-electron chi connectivity index (χ1n) is 8.05. The van der Waals surface area contributed by atoms with Crippen molar-refractivity contribution in [3.05, 3.63) is 54.9 Å². The SMILES string of the molecule is COC(=O)C(CCBr)Oc1cnc2ccn(S(=O)(=O)c3ccccc3)c2c1. The van der Waals surface area contributed by atoms with E-state index in [2.05, 4.69) is 20.9 Å². The van der Waals surface area contributed by atoms with Crippen LogP contribution < -0.4 is 4.74 Å². The van der Waals surface area contributed by atoms with Crippen molar-refractivity contribution in [2.75, 3.05) is 12.4 Å². The van der Waals surface area contributed by atoms with E-state index in [-0.39, 0.29) is 10.6 Å². The molecule has 3 rings (SSSR count). The Bertz CT molecular complexity index is 1050. The van der Waals surface area contributed by atoms with Crippen molar-refractivity contribution >= 4 is 43.0 Å². The number of carbonyl (C=O) groups is 1. The highest BCUT2D eigenvalue weighted by Gasteiger charge is 2.23. The van der Waals surface area contributed by atoms with Crippen LogP contribution in [0.4, 0.5) is 0 Å². The molecule has 0 aliphatic rings. The van der Waals surface area contributed by atoms with Crippen LogP contribution in [0.3, 0.4) is 0 Å². The van der Waals surface area contributed by atoms with Crippen LogP contribution >= 0.6 is 15.9 Å². The summed E-state index contributed by atoms with van der Waals surface area (Å²) in [7, 11) is -2.49. The van der Waals surface area contributed by atoms with Gasteiger partial charge in [-0.05, 0) is 18.2 Å². The van der Waals surface area contributed by atoms with E-state index in [4.69, 9.17) is 9.47 Å². The molecular weight excluding hydrogens is 436 g/mol. The highest BCUT2D eigenvalue weighted by atomic mass is 79.9. The molecule has 0 saturated heterocycles. The van der Waals surface area contributed by atoms with Gasteiger partial charge < -0.3 is 9.47 Å². The smallest absolute Gasteiger partial charge is 0.347 e. The summed E-state index contributed by atoms with van der Waals surface area (Å²) in [6, 6.07) is 11.3. The number of halogens is 1. The van der Waals surface area contributed by atoms with E-state index in [1.54, 1.807) is 30.3 Å². The number of aromatic nitrogens is 2. The number of carbonyl (C=O) groups excluding carboxylic acids is 1. The lowest BCUT2D eigenvalue weighted by molar-refractivity contribution is -0.148. The van der Waals surface area contributed by atoms with Gasteiger partial charge in [-0.15, -0.1) is 0 Å². The number of alkyl halides is 1. The number of benzene rings is 1. The van der Waals surface area contributed by atoms with Gasteiger partial charge in [-0.25, -0.2) is 17.2 Å². The third kappa shape index (κ3) is 3.98. The lowest BCUT2D eigenvalue weighted by Crippen LogP contribution is -2.29. The van der Waals surface area contributed by atoms with Gasteiger partial charge in [-0.1, -0.05) is 34.1 Å². The largest absolute Gasteiger partial charge is 0.477 e. The molecule has 0 fully saturated rings. The lowest BCUT2D eigenvalue weighted by Gasteiger charge is -2.16. The molecule has 0 aliphatic carbocycles. The Kier molecular flexibility index (Phi) is 5.81. The fraction of sp³-hybridized carbons (Fsp3) is 0.222. The second-order valence-electron chi connectivity index (χ2n) is 5.61. The average Bonchev–Trinajstić information content (AvgIpc) is 3.11. The molecule has 0 N–H and O–H groups in total. The van der Waals surface area contributed by atoms with Crippen molar-refractivity contribution in [1.29, 1.82) is 0 Å². The molecule has 7 nitrogen and oxygen atoms in total. The number of esters is 1. The van der Waals surface area contributed by atoms with Crippen LogP contribution in [0.15, 0.2) is 59.8 Å². The van der Waals surface area contributed by atoms with E-state index in [0.717, 1.165) is 3.97 Å². The second kappa shape index (κ2) is 8.10. The van der Waals surface area contributed by atoms with Gasteiger partial charge in [0.25, 0.3) is 10.0 Å².